The highest BCUT2D eigenvalue weighted by molar-refractivity contribution is 5.81. The zero-order valence-electron chi connectivity index (χ0n) is 9.10. The SMILES string of the molecule is C#CCC(N)C(=O)NCc1ccnc(C)n1. The molecule has 5 heteroatoms. The lowest BCUT2D eigenvalue weighted by molar-refractivity contribution is -0.122. The summed E-state index contributed by atoms with van der Waals surface area (Å²) in [4.78, 5) is 19.5. The van der Waals surface area contributed by atoms with Crippen molar-refractivity contribution in [2.24, 2.45) is 5.73 Å². The van der Waals surface area contributed by atoms with Crippen LogP contribution in [0.5, 0.6) is 0 Å². The molecule has 84 valence electrons. The summed E-state index contributed by atoms with van der Waals surface area (Å²) in [5.74, 6) is 2.74. The van der Waals surface area contributed by atoms with Crippen molar-refractivity contribution in [2.75, 3.05) is 0 Å². The summed E-state index contributed by atoms with van der Waals surface area (Å²) in [6, 6.07) is 1.08. The van der Waals surface area contributed by atoms with E-state index in [0.29, 0.717) is 12.4 Å². The highest BCUT2D eigenvalue weighted by Crippen LogP contribution is 1.94. The fourth-order valence-electron chi connectivity index (χ4n) is 1.13. The van der Waals surface area contributed by atoms with Crippen LogP contribution in [0.4, 0.5) is 0 Å². The molecule has 1 rings (SSSR count). The number of aromatic nitrogens is 2. The van der Waals surface area contributed by atoms with Crippen molar-refractivity contribution in [3.63, 3.8) is 0 Å². The minimum Gasteiger partial charge on any atom is -0.349 e. The summed E-state index contributed by atoms with van der Waals surface area (Å²) < 4.78 is 0. The first kappa shape index (κ1) is 12.1. The van der Waals surface area contributed by atoms with Gasteiger partial charge in [0.1, 0.15) is 5.82 Å². The predicted octanol–water partition coefficient (Wildman–Crippen LogP) is -0.248. The third-order valence-corrected chi connectivity index (χ3v) is 1.95. The normalized spacial score (nSPS) is 11.6. The van der Waals surface area contributed by atoms with E-state index >= 15 is 0 Å². The van der Waals surface area contributed by atoms with E-state index in [2.05, 4.69) is 21.2 Å². The van der Waals surface area contributed by atoms with Crippen molar-refractivity contribution in [1.82, 2.24) is 15.3 Å². The maximum absolute atomic E-state index is 11.4. The van der Waals surface area contributed by atoms with Gasteiger partial charge in [-0.05, 0) is 13.0 Å². The smallest absolute Gasteiger partial charge is 0.238 e. The third-order valence-electron chi connectivity index (χ3n) is 1.95. The van der Waals surface area contributed by atoms with E-state index in [4.69, 9.17) is 12.2 Å². The third kappa shape index (κ3) is 3.67. The van der Waals surface area contributed by atoms with Crippen LogP contribution < -0.4 is 11.1 Å². The Morgan fingerprint density at radius 2 is 2.50 bits per heavy atom. The summed E-state index contributed by atoms with van der Waals surface area (Å²) in [5, 5.41) is 2.66. The fraction of sp³-hybridized carbons (Fsp3) is 0.364. The van der Waals surface area contributed by atoms with E-state index in [9.17, 15) is 4.79 Å². The Hall–Kier alpha value is -1.93. The largest absolute Gasteiger partial charge is 0.349 e. The Morgan fingerprint density at radius 3 is 3.12 bits per heavy atom. The number of nitrogens with two attached hydrogens (primary N) is 1. The standard InChI is InChI=1S/C11H14N4O/c1-3-4-10(12)11(16)14-7-9-5-6-13-8(2)15-9/h1,5-6,10H,4,7,12H2,2H3,(H,14,16). The zero-order chi connectivity index (χ0) is 12.0. The van der Waals surface area contributed by atoms with E-state index in [1.54, 1.807) is 19.2 Å². The van der Waals surface area contributed by atoms with E-state index in [-0.39, 0.29) is 12.3 Å². The molecular formula is C11H14N4O. The molecule has 1 amide bonds. The molecule has 0 saturated heterocycles. The summed E-state index contributed by atoms with van der Waals surface area (Å²) in [5.41, 5.74) is 6.28. The molecule has 0 saturated carbocycles. The summed E-state index contributed by atoms with van der Waals surface area (Å²) in [6.07, 6.45) is 6.94. The monoisotopic (exact) mass is 218 g/mol. The fourth-order valence-corrected chi connectivity index (χ4v) is 1.13. The number of carbonyl (C=O) groups excluding carboxylic acids is 1. The van der Waals surface area contributed by atoms with Crippen LogP contribution in [0, 0.1) is 19.3 Å². The molecule has 1 heterocycles. The summed E-state index contributed by atoms with van der Waals surface area (Å²) >= 11 is 0. The molecule has 3 N–H and O–H groups in total. The molecule has 0 aromatic carbocycles. The number of terminal acetylenes is 1. The molecule has 0 aliphatic rings. The average molecular weight is 218 g/mol. The molecule has 0 radical (unpaired) electrons. The van der Waals surface area contributed by atoms with Gasteiger partial charge in [0.05, 0.1) is 18.3 Å². The molecule has 1 aromatic rings. The Balaban J connectivity index is 2.46. The van der Waals surface area contributed by atoms with Gasteiger partial charge in [-0.1, -0.05) is 0 Å². The zero-order valence-corrected chi connectivity index (χ0v) is 9.10. The topological polar surface area (TPSA) is 80.9 Å². The molecule has 0 bridgehead atoms. The summed E-state index contributed by atoms with van der Waals surface area (Å²) in [7, 11) is 0. The van der Waals surface area contributed by atoms with Crippen LogP contribution in [0.15, 0.2) is 12.3 Å². The minimum atomic E-state index is -0.659. The van der Waals surface area contributed by atoms with Gasteiger partial charge in [0.25, 0.3) is 0 Å². The molecule has 0 spiro atoms. The number of nitrogens with one attached hydrogen (secondary N) is 1. The van der Waals surface area contributed by atoms with E-state index in [1.807, 2.05) is 0 Å². The van der Waals surface area contributed by atoms with Gasteiger partial charge in [0.2, 0.25) is 5.91 Å². The number of nitrogens with zero attached hydrogens (tertiary/aromatic N) is 2. The van der Waals surface area contributed by atoms with Crippen LogP contribution in [0.1, 0.15) is 17.9 Å². The van der Waals surface area contributed by atoms with Crippen LogP contribution in [0.2, 0.25) is 0 Å². The molecular weight excluding hydrogens is 204 g/mol. The Bertz CT molecular complexity index is 411. The Morgan fingerprint density at radius 1 is 1.75 bits per heavy atom. The summed E-state index contributed by atoms with van der Waals surface area (Å²) in [6.45, 7) is 2.12. The van der Waals surface area contributed by atoms with Crippen LogP contribution in [-0.2, 0) is 11.3 Å². The van der Waals surface area contributed by atoms with Gasteiger partial charge in [0.15, 0.2) is 0 Å². The lowest BCUT2D eigenvalue weighted by Gasteiger charge is -2.09. The number of amides is 1. The lowest BCUT2D eigenvalue weighted by atomic mass is 10.2. The van der Waals surface area contributed by atoms with Crippen molar-refractivity contribution in [3.05, 3.63) is 23.8 Å². The van der Waals surface area contributed by atoms with Crippen LogP contribution in [0.3, 0.4) is 0 Å². The first-order valence-corrected chi connectivity index (χ1v) is 4.88. The number of hydrogen-bond acceptors (Lipinski definition) is 4. The predicted molar refractivity (Wildman–Crippen MR) is 60.0 cm³/mol. The first-order valence-electron chi connectivity index (χ1n) is 4.88. The van der Waals surface area contributed by atoms with Crippen LogP contribution in [0.25, 0.3) is 0 Å². The lowest BCUT2D eigenvalue weighted by Crippen LogP contribution is -2.40. The van der Waals surface area contributed by atoms with Crippen molar-refractivity contribution < 1.29 is 4.79 Å². The molecule has 1 unspecified atom stereocenters. The first-order chi connectivity index (χ1) is 7.63. The molecule has 0 fully saturated rings. The van der Waals surface area contributed by atoms with Gasteiger partial charge in [-0.2, -0.15) is 0 Å². The molecule has 0 aliphatic carbocycles. The van der Waals surface area contributed by atoms with Gasteiger partial charge in [-0.25, -0.2) is 9.97 Å². The maximum atomic E-state index is 11.4. The van der Waals surface area contributed by atoms with E-state index < -0.39 is 6.04 Å². The van der Waals surface area contributed by atoms with Crippen molar-refractivity contribution in [3.8, 4) is 12.3 Å². The van der Waals surface area contributed by atoms with Crippen LogP contribution >= 0.6 is 0 Å². The molecule has 0 aliphatic heterocycles. The Labute approximate surface area is 94.5 Å². The molecule has 5 nitrogen and oxygen atoms in total. The highest BCUT2D eigenvalue weighted by Gasteiger charge is 2.11. The number of aryl methyl sites for hydroxylation is 1. The average Bonchev–Trinajstić information content (AvgIpc) is 2.26. The van der Waals surface area contributed by atoms with E-state index in [1.165, 1.54) is 0 Å². The van der Waals surface area contributed by atoms with Crippen LogP contribution in [-0.4, -0.2) is 21.9 Å². The second-order valence-electron chi connectivity index (χ2n) is 3.33. The number of rotatable bonds is 4. The van der Waals surface area contributed by atoms with Gasteiger partial charge >= 0.3 is 0 Å². The molecule has 16 heavy (non-hydrogen) atoms. The number of carbonyl (C=O) groups is 1. The second kappa shape index (κ2) is 5.83. The van der Waals surface area contributed by atoms with Crippen molar-refractivity contribution in [2.45, 2.75) is 25.9 Å². The van der Waals surface area contributed by atoms with Crippen molar-refractivity contribution in [1.29, 1.82) is 0 Å². The van der Waals surface area contributed by atoms with Gasteiger partial charge in [0, 0.05) is 12.6 Å². The molecule has 1 atom stereocenters. The van der Waals surface area contributed by atoms with Gasteiger partial charge < -0.3 is 11.1 Å². The van der Waals surface area contributed by atoms with E-state index in [0.717, 1.165) is 5.69 Å². The number of hydrogen-bond donors (Lipinski definition) is 2. The minimum absolute atomic E-state index is 0.231. The maximum Gasteiger partial charge on any atom is 0.238 e. The van der Waals surface area contributed by atoms with Gasteiger partial charge in [-0.3, -0.25) is 4.79 Å². The molecule has 1 aromatic heterocycles. The highest BCUT2D eigenvalue weighted by atomic mass is 16.2. The Kier molecular flexibility index (Phi) is 4.42. The van der Waals surface area contributed by atoms with Crippen molar-refractivity contribution >= 4 is 5.91 Å². The second-order valence-corrected chi connectivity index (χ2v) is 3.33. The van der Waals surface area contributed by atoms with Gasteiger partial charge in [-0.15, -0.1) is 12.3 Å². The quantitative estimate of drug-likeness (QED) is 0.683.